The summed E-state index contributed by atoms with van der Waals surface area (Å²) >= 11 is 5.55. The molecular formula is C17H15F2N3O3S2. The number of carbonyl (C=O) groups is 1. The Labute approximate surface area is 163 Å². The van der Waals surface area contributed by atoms with Crippen LogP contribution in [-0.4, -0.2) is 29.5 Å². The Morgan fingerprint density at radius 3 is 2.52 bits per heavy atom. The van der Waals surface area contributed by atoms with Crippen molar-refractivity contribution in [2.24, 2.45) is 0 Å². The zero-order chi connectivity index (χ0) is 19.2. The van der Waals surface area contributed by atoms with E-state index in [4.69, 9.17) is 21.7 Å². The maximum absolute atomic E-state index is 12.3. The highest BCUT2D eigenvalue weighted by molar-refractivity contribution is 7.99. The molecule has 0 spiro atoms. The van der Waals surface area contributed by atoms with Gasteiger partial charge in [0.2, 0.25) is 6.10 Å². The van der Waals surface area contributed by atoms with E-state index >= 15 is 0 Å². The van der Waals surface area contributed by atoms with Crippen LogP contribution in [0, 0.1) is 0 Å². The van der Waals surface area contributed by atoms with Crippen molar-refractivity contribution in [1.29, 1.82) is 0 Å². The van der Waals surface area contributed by atoms with Crippen molar-refractivity contribution < 1.29 is 23.0 Å². The number of benzene rings is 2. The first-order valence-corrected chi connectivity index (χ1v) is 9.10. The summed E-state index contributed by atoms with van der Waals surface area (Å²) in [6.45, 7) is 0.0774. The van der Waals surface area contributed by atoms with Gasteiger partial charge in [-0.25, -0.2) is 0 Å². The van der Waals surface area contributed by atoms with Gasteiger partial charge < -0.3 is 14.8 Å². The molecule has 0 bridgehead atoms. The van der Waals surface area contributed by atoms with Crippen LogP contribution in [0.2, 0.25) is 0 Å². The third-order valence-electron chi connectivity index (χ3n) is 3.44. The molecule has 0 aromatic heterocycles. The van der Waals surface area contributed by atoms with Gasteiger partial charge in [-0.1, -0.05) is 23.9 Å². The quantitative estimate of drug-likeness (QED) is 0.406. The number of para-hydroxylation sites is 2. The topological polar surface area (TPSA) is 71.6 Å². The van der Waals surface area contributed by atoms with Crippen LogP contribution in [0.1, 0.15) is 0 Å². The fraction of sp³-hybridized carbons (Fsp3) is 0.176. The average molecular weight is 411 g/mol. The Balaban J connectivity index is 1.46. The lowest BCUT2D eigenvalue weighted by Gasteiger charge is -2.25. The summed E-state index contributed by atoms with van der Waals surface area (Å²) < 4.78 is 35.7. The molecular weight excluding hydrogens is 396 g/mol. The molecule has 3 N–H and O–H groups in total. The Morgan fingerprint density at radius 2 is 1.81 bits per heavy atom. The lowest BCUT2D eigenvalue weighted by atomic mass is 10.2. The largest absolute Gasteiger partial charge is 0.485 e. The van der Waals surface area contributed by atoms with Crippen molar-refractivity contribution >= 4 is 40.7 Å². The van der Waals surface area contributed by atoms with Gasteiger partial charge in [-0.15, -0.1) is 0 Å². The first-order valence-electron chi connectivity index (χ1n) is 7.81. The molecule has 1 aliphatic heterocycles. The molecule has 6 nitrogen and oxygen atoms in total. The minimum Gasteiger partial charge on any atom is -0.485 e. The predicted octanol–water partition coefficient (Wildman–Crippen LogP) is 3.16. The van der Waals surface area contributed by atoms with E-state index in [0.29, 0.717) is 33.8 Å². The normalized spacial score (nSPS) is 15.1. The number of nitrogens with one attached hydrogen (secondary N) is 3. The highest BCUT2D eigenvalue weighted by Crippen LogP contribution is 2.30. The number of hydrogen-bond donors (Lipinski definition) is 3. The Morgan fingerprint density at radius 1 is 1.11 bits per heavy atom. The van der Waals surface area contributed by atoms with Gasteiger partial charge in [0.05, 0.1) is 0 Å². The molecule has 0 fully saturated rings. The number of alkyl halides is 2. The number of thiocarbonyl (C=S) groups is 1. The Kier molecular flexibility index (Phi) is 6.30. The van der Waals surface area contributed by atoms with Crippen LogP contribution in [0.5, 0.6) is 11.5 Å². The number of ether oxygens (including phenoxy) is 2. The molecule has 1 heterocycles. The second kappa shape index (κ2) is 8.87. The molecule has 2 aromatic rings. The summed E-state index contributed by atoms with van der Waals surface area (Å²) in [7, 11) is 0. The van der Waals surface area contributed by atoms with Crippen LogP contribution in [0.25, 0.3) is 0 Å². The third-order valence-corrected chi connectivity index (χ3v) is 4.36. The first kappa shape index (κ1) is 19.2. The van der Waals surface area contributed by atoms with Gasteiger partial charge in [0.15, 0.2) is 16.6 Å². The monoisotopic (exact) mass is 411 g/mol. The molecule has 0 saturated carbocycles. The highest BCUT2D eigenvalue weighted by Gasteiger charge is 2.27. The van der Waals surface area contributed by atoms with Crippen molar-refractivity contribution in [3.63, 3.8) is 0 Å². The second-order valence-corrected chi connectivity index (χ2v) is 6.81. The molecule has 0 radical (unpaired) electrons. The number of anilines is 1. The van der Waals surface area contributed by atoms with Gasteiger partial charge >= 0.3 is 0 Å². The molecule has 1 amide bonds. The van der Waals surface area contributed by atoms with E-state index in [0.717, 1.165) is 0 Å². The zero-order valence-corrected chi connectivity index (χ0v) is 15.4. The summed E-state index contributed by atoms with van der Waals surface area (Å²) in [5.74, 6) is -1.84. The summed E-state index contributed by atoms with van der Waals surface area (Å²) in [4.78, 5) is 12.6. The molecule has 142 valence electrons. The summed E-state index contributed by atoms with van der Waals surface area (Å²) in [6.07, 6.45) is -0.819. The predicted molar refractivity (Wildman–Crippen MR) is 102 cm³/mol. The van der Waals surface area contributed by atoms with Crippen molar-refractivity contribution in [3.8, 4) is 11.5 Å². The molecule has 3 rings (SSSR count). The summed E-state index contributed by atoms with van der Waals surface area (Å²) in [6, 6.07) is 13.4. The minimum atomic E-state index is -2.47. The van der Waals surface area contributed by atoms with Crippen molar-refractivity contribution in [3.05, 3.63) is 48.5 Å². The zero-order valence-electron chi connectivity index (χ0n) is 13.8. The molecule has 0 aliphatic carbocycles. The van der Waals surface area contributed by atoms with E-state index in [1.807, 2.05) is 6.07 Å². The van der Waals surface area contributed by atoms with Crippen LogP contribution >= 0.6 is 24.0 Å². The van der Waals surface area contributed by atoms with Gasteiger partial charge in [-0.2, -0.15) is 8.78 Å². The van der Waals surface area contributed by atoms with E-state index < -0.39 is 17.8 Å². The lowest BCUT2D eigenvalue weighted by Crippen LogP contribution is -2.51. The van der Waals surface area contributed by atoms with Crippen LogP contribution in [0.4, 0.5) is 14.5 Å². The first-order chi connectivity index (χ1) is 13.0. The number of carbonyl (C=O) groups excluding carboxylic acids is 1. The van der Waals surface area contributed by atoms with E-state index in [1.165, 1.54) is 0 Å². The lowest BCUT2D eigenvalue weighted by molar-refractivity contribution is -0.130. The van der Waals surface area contributed by atoms with Crippen molar-refractivity contribution in [2.45, 2.75) is 16.8 Å². The van der Waals surface area contributed by atoms with Crippen LogP contribution in [0.3, 0.4) is 0 Å². The highest BCUT2D eigenvalue weighted by atomic mass is 32.2. The Bertz CT molecular complexity index is 821. The average Bonchev–Trinajstić information content (AvgIpc) is 2.67. The number of halogens is 2. The van der Waals surface area contributed by atoms with Crippen LogP contribution < -0.4 is 25.6 Å². The molecule has 1 aliphatic rings. The summed E-state index contributed by atoms with van der Waals surface area (Å²) in [5, 5.41) is 2.97. The number of hydrazine groups is 1. The number of amides is 1. The van der Waals surface area contributed by atoms with Gasteiger partial charge in [-0.05, 0) is 48.6 Å². The maximum Gasteiger partial charge on any atom is 0.288 e. The van der Waals surface area contributed by atoms with E-state index in [2.05, 4.69) is 16.2 Å². The molecule has 1 unspecified atom stereocenters. The maximum atomic E-state index is 12.3. The molecule has 10 heteroatoms. The smallest absolute Gasteiger partial charge is 0.288 e. The summed E-state index contributed by atoms with van der Waals surface area (Å²) in [5.41, 5.74) is 5.59. The van der Waals surface area contributed by atoms with Crippen molar-refractivity contribution in [2.75, 3.05) is 11.9 Å². The van der Waals surface area contributed by atoms with Gasteiger partial charge in [-0.3, -0.25) is 15.6 Å². The van der Waals surface area contributed by atoms with E-state index in [1.54, 1.807) is 42.5 Å². The van der Waals surface area contributed by atoms with Gasteiger partial charge in [0.1, 0.15) is 6.61 Å². The molecule has 0 saturated heterocycles. The number of rotatable bonds is 4. The van der Waals surface area contributed by atoms with E-state index in [-0.39, 0.29) is 11.7 Å². The van der Waals surface area contributed by atoms with Crippen LogP contribution in [0.15, 0.2) is 53.4 Å². The number of fused-ring (bicyclic) bond motifs is 1. The minimum absolute atomic E-state index is 0.0774. The van der Waals surface area contributed by atoms with E-state index in [9.17, 15) is 13.6 Å². The molecule has 1 atom stereocenters. The second-order valence-electron chi connectivity index (χ2n) is 5.34. The molecule has 27 heavy (non-hydrogen) atoms. The molecule has 2 aromatic carbocycles. The fourth-order valence-electron chi connectivity index (χ4n) is 2.23. The fourth-order valence-corrected chi connectivity index (χ4v) is 2.90. The van der Waals surface area contributed by atoms with Gasteiger partial charge in [0.25, 0.3) is 11.7 Å². The Hall–Kier alpha value is -2.59. The standard InChI is InChI=1S/C17H15F2N3O3S2/c18-16(19)27-11-7-5-10(6-8-11)20-17(26)22-21-15(23)14-9-24-12-3-1-2-4-13(12)25-14/h1-8,14,16H,9H2,(H,21,23)(H2,20,22,26). The number of thioether (sulfide) groups is 1. The van der Waals surface area contributed by atoms with Crippen molar-refractivity contribution in [1.82, 2.24) is 10.9 Å². The number of hydrogen-bond acceptors (Lipinski definition) is 5. The van der Waals surface area contributed by atoms with Crippen LogP contribution in [-0.2, 0) is 4.79 Å². The third kappa shape index (κ3) is 5.44. The van der Waals surface area contributed by atoms with Gasteiger partial charge in [0, 0.05) is 10.6 Å². The SMILES string of the molecule is O=C(NNC(=S)Nc1ccc(SC(F)F)cc1)C1COc2ccccc2O1.